The largest absolute Gasteiger partial charge is 0.343 e. The quantitative estimate of drug-likeness (QED) is 0.715. The highest BCUT2D eigenvalue weighted by Gasteiger charge is 2.39. The molecule has 1 aliphatic carbocycles. The molecule has 5 nitrogen and oxygen atoms in total. The smallest absolute Gasteiger partial charge is 0.277 e. The fourth-order valence-electron chi connectivity index (χ4n) is 4.22. The van der Waals surface area contributed by atoms with Crippen LogP contribution in [0.4, 0.5) is 10.2 Å². The first-order chi connectivity index (χ1) is 13.6. The second kappa shape index (κ2) is 6.34. The number of para-hydroxylation sites is 1. The number of nitrogens with one attached hydrogen (secondary N) is 2. The maximum Gasteiger partial charge on any atom is 0.277 e. The summed E-state index contributed by atoms with van der Waals surface area (Å²) in [7, 11) is 0. The van der Waals surface area contributed by atoms with Crippen molar-refractivity contribution < 1.29 is 9.18 Å². The molecule has 2 aliphatic rings. The molecular weight excluding hydrogens is 357 g/mol. The number of benzene rings is 2. The molecule has 6 heteroatoms. The van der Waals surface area contributed by atoms with Crippen LogP contribution in [0.1, 0.15) is 36.3 Å². The van der Waals surface area contributed by atoms with Gasteiger partial charge in [0.25, 0.3) is 5.56 Å². The number of hydrogen-bond acceptors (Lipinski definition) is 3. The first-order valence-corrected chi connectivity index (χ1v) is 9.33. The average molecular weight is 375 g/mol. The minimum Gasteiger partial charge on any atom is -0.343 e. The molecule has 0 radical (unpaired) electrons. The molecule has 0 spiro atoms. The number of aromatic nitrogens is 2. The van der Waals surface area contributed by atoms with Crippen molar-refractivity contribution in [1.29, 1.82) is 0 Å². The standard InChI is InChI=1S/C22H18FN3O2/c23-15-10-5-4-9-14(15)18-19-16(11-6-12-17(19)27)24-21-20(18)22(28)26(25-21)13-7-2-1-3-8-13/h1-5,7-10,18,24-25H,6,11-12H2. The van der Waals surface area contributed by atoms with E-state index in [9.17, 15) is 14.0 Å². The molecule has 0 bridgehead atoms. The van der Waals surface area contributed by atoms with Crippen molar-refractivity contribution in [3.8, 4) is 5.69 Å². The van der Waals surface area contributed by atoms with Crippen LogP contribution in [0.3, 0.4) is 0 Å². The third-order valence-electron chi connectivity index (χ3n) is 5.47. The van der Waals surface area contributed by atoms with Gasteiger partial charge in [-0.15, -0.1) is 0 Å². The molecule has 0 saturated heterocycles. The summed E-state index contributed by atoms with van der Waals surface area (Å²) in [5.41, 5.74) is 2.41. The highest BCUT2D eigenvalue weighted by Crippen LogP contribution is 2.44. The van der Waals surface area contributed by atoms with Gasteiger partial charge in [0, 0.05) is 23.3 Å². The monoisotopic (exact) mass is 375 g/mol. The highest BCUT2D eigenvalue weighted by molar-refractivity contribution is 6.00. The van der Waals surface area contributed by atoms with Gasteiger partial charge in [-0.25, -0.2) is 9.07 Å². The number of carbonyl (C=O) groups excluding carboxylic acids is 1. The number of allylic oxidation sites excluding steroid dienone is 2. The van der Waals surface area contributed by atoms with E-state index in [2.05, 4.69) is 10.4 Å². The Kier molecular flexibility index (Phi) is 3.79. The molecule has 5 rings (SSSR count). The zero-order chi connectivity index (χ0) is 19.3. The topological polar surface area (TPSA) is 66.9 Å². The number of anilines is 1. The molecule has 0 saturated carbocycles. The van der Waals surface area contributed by atoms with Crippen LogP contribution in [0, 0.1) is 5.82 Å². The Morgan fingerprint density at radius 3 is 2.50 bits per heavy atom. The van der Waals surface area contributed by atoms with Gasteiger partial charge in [-0.3, -0.25) is 14.7 Å². The lowest BCUT2D eigenvalue weighted by Crippen LogP contribution is -2.30. The van der Waals surface area contributed by atoms with E-state index in [0.29, 0.717) is 41.0 Å². The van der Waals surface area contributed by atoms with E-state index in [1.54, 1.807) is 18.2 Å². The Balaban J connectivity index is 1.78. The number of aromatic amines is 1. The van der Waals surface area contributed by atoms with Crippen LogP contribution in [-0.2, 0) is 4.79 Å². The van der Waals surface area contributed by atoms with E-state index in [4.69, 9.17) is 0 Å². The summed E-state index contributed by atoms with van der Waals surface area (Å²) in [5.74, 6) is -0.638. The lowest BCUT2D eigenvalue weighted by molar-refractivity contribution is -0.116. The van der Waals surface area contributed by atoms with Crippen molar-refractivity contribution in [2.45, 2.75) is 25.2 Å². The molecular formula is C22H18FN3O2. The Hall–Kier alpha value is -3.41. The number of ketones is 1. The fourth-order valence-corrected chi connectivity index (χ4v) is 4.22. The minimum atomic E-state index is -0.714. The number of carbonyl (C=O) groups is 1. The molecule has 0 amide bonds. The van der Waals surface area contributed by atoms with E-state index in [0.717, 1.165) is 12.1 Å². The second-order valence-corrected chi connectivity index (χ2v) is 7.13. The zero-order valence-electron chi connectivity index (χ0n) is 15.0. The molecule has 28 heavy (non-hydrogen) atoms. The zero-order valence-corrected chi connectivity index (χ0v) is 15.0. The second-order valence-electron chi connectivity index (χ2n) is 7.13. The summed E-state index contributed by atoms with van der Waals surface area (Å²) in [6.45, 7) is 0. The fraction of sp³-hybridized carbons (Fsp3) is 0.182. The van der Waals surface area contributed by atoms with Gasteiger partial charge in [0.1, 0.15) is 11.6 Å². The lowest BCUT2D eigenvalue weighted by Gasteiger charge is -2.31. The van der Waals surface area contributed by atoms with Crippen LogP contribution in [0.15, 0.2) is 70.7 Å². The maximum absolute atomic E-state index is 14.7. The molecule has 140 valence electrons. The molecule has 1 atom stereocenters. The van der Waals surface area contributed by atoms with E-state index >= 15 is 0 Å². The van der Waals surface area contributed by atoms with Gasteiger partial charge in [-0.05, 0) is 31.0 Å². The van der Waals surface area contributed by atoms with Gasteiger partial charge >= 0.3 is 0 Å². The molecule has 0 fully saturated rings. The number of rotatable bonds is 2. The van der Waals surface area contributed by atoms with Crippen LogP contribution in [0.25, 0.3) is 5.69 Å². The molecule has 1 aromatic heterocycles. The molecule has 2 N–H and O–H groups in total. The highest BCUT2D eigenvalue weighted by atomic mass is 19.1. The summed E-state index contributed by atoms with van der Waals surface area (Å²) < 4.78 is 16.2. The van der Waals surface area contributed by atoms with Gasteiger partial charge in [0.05, 0.1) is 17.2 Å². The van der Waals surface area contributed by atoms with Crippen molar-refractivity contribution >= 4 is 11.6 Å². The normalized spacial score (nSPS) is 18.5. The van der Waals surface area contributed by atoms with E-state index in [-0.39, 0.29) is 11.3 Å². The summed E-state index contributed by atoms with van der Waals surface area (Å²) in [5, 5.41) is 6.35. The molecule has 1 unspecified atom stereocenters. The molecule has 2 aromatic carbocycles. The van der Waals surface area contributed by atoms with E-state index < -0.39 is 11.7 Å². The van der Waals surface area contributed by atoms with Gasteiger partial charge in [0.2, 0.25) is 0 Å². The average Bonchev–Trinajstić information content (AvgIpc) is 3.04. The van der Waals surface area contributed by atoms with Crippen LogP contribution in [0.2, 0.25) is 0 Å². The first kappa shape index (κ1) is 16.7. The maximum atomic E-state index is 14.7. The number of Topliss-reactive ketones (excluding diaryl/α,β-unsaturated/α-hetero) is 1. The number of H-pyrrole nitrogens is 1. The van der Waals surface area contributed by atoms with Crippen LogP contribution < -0.4 is 10.9 Å². The van der Waals surface area contributed by atoms with Gasteiger partial charge in [0.15, 0.2) is 5.78 Å². The number of halogens is 1. The van der Waals surface area contributed by atoms with Gasteiger partial charge in [-0.2, -0.15) is 0 Å². The molecule has 3 aromatic rings. The minimum absolute atomic E-state index is 0.0282. The number of hydrogen-bond donors (Lipinski definition) is 2. The summed E-state index contributed by atoms with van der Waals surface area (Å²) in [6, 6.07) is 15.6. The van der Waals surface area contributed by atoms with Crippen LogP contribution in [-0.4, -0.2) is 15.6 Å². The summed E-state index contributed by atoms with van der Waals surface area (Å²) >= 11 is 0. The third kappa shape index (κ3) is 2.45. The predicted molar refractivity (Wildman–Crippen MR) is 104 cm³/mol. The summed E-state index contributed by atoms with van der Waals surface area (Å²) in [6.07, 6.45) is 1.86. The van der Waals surface area contributed by atoms with E-state index in [1.165, 1.54) is 10.7 Å². The van der Waals surface area contributed by atoms with Crippen molar-refractivity contribution in [3.63, 3.8) is 0 Å². The van der Waals surface area contributed by atoms with Gasteiger partial charge in [-0.1, -0.05) is 36.4 Å². The van der Waals surface area contributed by atoms with Crippen molar-refractivity contribution in [2.75, 3.05) is 5.32 Å². The van der Waals surface area contributed by atoms with Crippen molar-refractivity contribution in [2.24, 2.45) is 0 Å². The Labute approximate surface area is 160 Å². The Morgan fingerprint density at radius 1 is 0.964 bits per heavy atom. The SMILES string of the molecule is O=C1CCCC2=C1C(c1ccccc1F)c1c([nH]n(-c3ccccc3)c1=O)N2. The Bertz CT molecular complexity index is 1170. The lowest BCUT2D eigenvalue weighted by atomic mass is 9.76. The van der Waals surface area contributed by atoms with E-state index in [1.807, 2.05) is 30.3 Å². The Morgan fingerprint density at radius 2 is 1.71 bits per heavy atom. The van der Waals surface area contributed by atoms with Crippen LogP contribution >= 0.6 is 0 Å². The number of nitrogens with zero attached hydrogens (tertiary/aromatic N) is 1. The molecule has 1 aliphatic heterocycles. The summed E-state index contributed by atoms with van der Waals surface area (Å²) in [4.78, 5) is 26.1. The van der Waals surface area contributed by atoms with Gasteiger partial charge < -0.3 is 5.32 Å². The number of fused-ring (bicyclic) bond motifs is 1. The third-order valence-corrected chi connectivity index (χ3v) is 5.47. The molecule has 2 heterocycles. The first-order valence-electron chi connectivity index (χ1n) is 9.33. The van der Waals surface area contributed by atoms with Crippen molar-refractivity contribution in [1.82, 2.24) is 9.78 Å². The van der Waals surface area contributed by atoms with Crippen LogP contribution in [0.5, 0.6) is 0 Å². The predicted octanol–water partition coefficient (Wildman–Crippen LogP) is 3.87. The van der Waals surface area contributed by atoms with Crippen molar-refractivity contribution in [3.05, 3.63) is 93.2 Å².